The fourth-order valence-corrected chi connectivity index (χ4v) is 7.22. The summed E-state index contributed by atoms with van der Waals surface area (Å²) in [5, 5.41) is 7.82. The zero-order valence-corrected chi connectivity index (χ0v) is 18.9. The lowest BCUT2D eigenvalue weighted by atomic mass is 9.54. The number of nitrogens with zero attached hydrogens (tertiary/aromatic N) is 3. The summed E-state index contributed by atoms with van der Waals surface area (Å²) >= 11 is 1.57. The van der Waals surface area contributed by atoms with Gasteiger partial charge in [-0.2, -0.15) is 5.10 Å². The van der Waals surface area contributed by atoms with Crippen molar-refractivity contribution in [3.63, 3.8) is 0 Å². The van der Waals surface area contributed by atoms with Gasteiger partial charge in [-0.05, 0) is 37.7 Å². The van der Waals surface area contributed by atoms with Crippen molar-refractivity contribution in [1.82, 2.24) is 14.8 Å². The van der Waals surface area contributed by atoms with E-state index >= 15 is 0 Å². The fourth-order valence-electron chi connectivity index (χ4n) is 5.97. The normalized spacial score (nSPS) is 34.7. The van der Waals surface area contributed by atoms with Crippen molar-refractivity contribution in [2.45, 2.75) is 59.0 Å². The standard InChI is InChI=1S/C22H28N4O3S/c1-10-8-14(25-26(10)5)19(27)24-21-23-17-12(3)16-18-13(11(2)20(28)29-18)6-7-22(16,4)9-15(17)30-21/h8,11-13,16,18H,6-7,9H2,1-5H3,(H,23,24,27)/t11-,12-,13-,16+,18-,22-/m0/s1. The zero-order chi connectivity index (χ0) is 21.4. The molecule has 1 saturated heterocycles. The highest BCUT2D eigenvalue weighted by molar-refractivity contribution is 7.15. The number of hydrogen-bond donors (Lipinski definition) is 1. The second-order valence-electron chi connectivity index (χ2n) is 9.61. The van der Waals surface area contributed by atoms with Crippen LogP contribution in [0.5, 0.6) is 0 Å². The number of fused-ring (bicyclic) bond motifs is 4. The Morgan fingerprint density at radius 3 is 2.83 bits per heavy atom. The van der Waals surface area contributed by atoms with Crippen molar-refractivity contribution < 1.29 is 14.3 Å². The molecule has 1 N–H and O–H groups in total. The molecule has 1 amide bonds. The van der Waals surface area contributed by atoms with E-state index in [2.05, 4.69) is 24.3 Å². The topological polar surface area (TPSA) is 86.1 Å². The maximum absolute atomic E-state index is 12.6. The Labute approximate surface area is 180 Å². The maximum atomic E-state index is 12.6. The van der Waals surface area contributed by atoms with Gasteiger partial charge in [0.2, 0.25) is 0 Å². The Hall–Kier alpha value is -2.22. The summed E-state index contributed by atoms with van der Waals surface area (Å²) in [4.78, 5) is 31.0. The van der Waals surface area contributed by atoms with Crippen LogP contribution in [0.25, 0.3) is 0 Å². The highest BCUT2D eigenvalue weighted by Crippen LogP contribution is 2.59. The predicted octanol–water partition coefficient (Wildman–Crippen LogP) is 3.69. The van der Waals surface area contributed by atoms with Crippen molar-refractivity contribution in [1.29, 1.82) is 0 Å². The second kappa shape index (κ2) is 6.64. The minimum atomic E-state index is -0.236. The first-order valence-electron chi connectivity index (χ1n) is 10.7. The van der Waals surface area contributed by atoms with Crippen molar-refractivity contribution in [2.75, 3.05) is 5.32 Å². The number of nitrogens with one attached hydrogen (secondary N) is 1. The number of aromatic nitrogens is 3. The molecule has 7 nitrogen and oxygen atoms in total. The Morgan fingerprint density at radius 2 is 2.13 bits per heavy atom. The minimum absolute atomic E-state index is 0.0136. The number of thiazole rings is 1. The van der Waals surface area contributed by atoms with E-state index in [-0.39, 0.29) is 41.1 Å². The molecular weight excluding hydrogens is 400 g/mol. The molecule has 2 aliphatic carbocycles. The van der Waals surface area contributed by atoms with Crippen molar-refractivity contribution in [3.05, 3.63) is 28.0 Å². The van der Waals surface area contributed by atoms with E-state index in [0.717, 1.165) is 30.7 Å². The summed E-state index contributed by atoms with van der Waals surface area (Å²) < 4.78 is 7.59. The van der Waals surface area contributed by atoms with E-state index in [9.17, 15) is 9.59 Å². The Balaban J connectivity index is 1.43. The lowest BCUT2D eigenvalue weighted by molar-refractivity contribution is -0.149. The summed E-state index contributed by atoms with van der Waals surface area (Å²) in [6, 6.07) is 1.77. The number of carbonyl (C=O) groups excluding carboxylic acids is 2. The summed E-state index contributed by atoms with van der Waals surface area (Å²) in [6.07, 6.45) is 3.03. The molecule has 0 unspecified atom stereocenters. The van der Waals surface area contributed by atoms with Crippen LogP contribution in [-0.2, 0) is 23.0 Å². The Kier molecular flexibility index (Phi) is 4.36. The van der Waals surface area contributed by atoms with Crippen molar-refractivity contribution >= 4 is 28.3 Å². The van der Waals surface area contributed by atoms with Crippen LogP contribution in [-0.4, -0.2) is 32.7 Å². The van der Waals surface area contributed by atoms with Gasteiger partial charge >= 0.3 is 5.97 Å². The monoisotopic (exact) mass is 428 g/mol. The smallest absolute Gasteiger partial charge is 0.309 e. The molecule has 1 aliphatic heterocycles. The molecule has 0 radical (unpaired) electrons. The van der Waals surface area contributed by atoms with Crippen LogP contribution in [0.4, 0.5) is 5.13 Å². The van der Waals surface area contributed by atoms with E-state index in [4.69, 9.17) is 9.72 Å². The molecule has 2 aromatic heterocycles. The third-order valence-corrected chi connectivity index (χ3v) is 8.71. The van der Waals surface area contributed by atoms with E-state index in [1.165, 1.54) is 4.88 Å². The molecule has 0 bridgehead atoms. The van der Waals surface area contributed by atoms with Crippen molar-refractivity contribution in [3.8, 4) is 0 Å². The molecule has 0 spiro atoms. The average Bonchev–Trinajstić information content (AvgIpc) is 3.31. The fraction of sp³-hybridized carbons (Fsp3) is 0.636. The molecular formula is C22H28N4O3S. The molecule has 3 aliphatic rings. The third kappa shape index (κ3) is 2.83. The lowest BCUT2D eigenvalue weighted by Gasteiger charge is -2.51. The van der Waals surface area contributed by atoms with Crippen LogP contribution >= 0.6 is 11.3 Å². The number of amides is 1. The van der Waals surface area contributed by atoms with Gasteiger partial charge in [0.1, 0.15) is 6.10 Å². The van der Waals surface area contributed by atoms with Crippen LogP contribution in [0.15, 0.2) is 6.07 Å². The van der Waals surface area contributed by atoms with E-state index in [0.29, 0.717) is 16.7 Å². The molecule has 8 heteroatoms. The highest BCUT2D eigenvalue weighted by Gasteiger charge is 2.58. The highest BCUT2D eigenvalue weighted by atomic mass is 32.1. The molecule has 30 heavy (non-hydrogen) atoms. The van der Waals surface area contributed by atoms with Gasteiger partial charge in [0.25, 0.3) is 5.91 Å². The van der Waals surface area contributed by atoms with Gasteiger partial charge in [-0.15, -0.1) is 11.3 Å². The largest absolute Gasteiger partial charge is 0.461 e. The van der Waals surface area contributed by atoms with Crippen molar-refractivity contribution in [2.24, 2.45) is 30.2 Å². The maximum Gasteiger partial charge on any atom is 0.309 e. The van der Waals surface area contributed by atoms with Gasteiger partial charge in [-0.1, -0.05) is 20.8 Å². The molecule has 2 aromatic rings. The second-order valence-corrected chi connectivity index (χ2v) is 10.7. The first-order chi connectivity index (χ1) is 14.2. The number of esters is 1. The van der Waals surface area contributed by atoms with Gasteiger partial charge in [0, 0.05) is 35.4 Å². The number of ether oxygens (including phenoxy) is 1. The molecule has 1 saturated carbocycles. The molecule has 0 aromatic carbocycles. The molecule has 2 fully saturated rings. The predicted molar refractivity (Wildman–Crippen MR) is 113 cm³/mol. The van der Waals surface area contributed by atoms with Crippen LogP contribution < -0.4 is 5.32 Å². The van der Waals surface area contributed by atoms with E-state index in [1.54, 1.807) is 22.1 Å². The summed E-state index contributed by atoms with van der Waals surface area (Å²) in [7, 11) is 1.82. The quantitative estimate of drug-likeness (QED) is 0.737. The van der Waals surface area contributed by atoms with E-state index in [1.807, 2.05) is 20.9 Å². The van der Waals surface area contributed by atoms with Crippen LogP contribution in [0, 0.1) is 30.1 Å². The SMILES string of the molecule is Cc1cc(C(=O)Nc2nc3c(s2)C[C@]2(C)CC[C@@H]4[C@H](OC(=O)[C@H]4C)[C@H]2[C@@H]3C)nn1C. The third-order valence-electron chi connectivity index (χ3n) is 7.72. The molecule has 3 heterocycles. The van der Waals surface area contributed by atoms with Crippen LogP contribution in [0.1, 0.15) is 66.3 Å². The zero-order valence-electron chi connectivity index (χ0n) is 18.1. The number of rotatable bonds is 2. The van der Waals surface area contributed by atoms with Gasteiger partial charge in [-0.25, -0.2) is 4.98 Å². The van der Waals surface area contributed by atoms with Crippen LogP contribution in [0.3, 0.4) is 0 Å². The van der Waals surface area contributed by atoms with E-state index < -0.39 is 0 Å². The summed E-state index contributed by atoms with van der Waals surface area (Å²) in [6.45, 7) is 8.46. The number of hydrogen-bond acceptors (Lipinski definition) is 6. The number of aryl methyl sites for hydroxylation is 2. The van der Waals surface area contributed by atoms with Crippen LogP contribution in [0.2, 0.25) is 0 Å². The van der Waals surface area contributed by atoms with Gasteiger partial charge in [0.15, 0.2) is 10.8 Å². The molecule has 6 atom stereocenters. The Bertz CT molecular complexity index is 1020. The first-order valence-corrected chi connectivity index (χ1v) is 11.5. The number of anilines is 1. The van der Waals surface area contributed by atoms with Gasteiger partial charge in [-0.3, -0.25) is 19.6 Å². The summed E-state index contributed by atoms with van der Waals surface area (Å²) in [5.41, 5.74) is 2.46. The van der Waals surface area contributed by atoms with Gasteiger partial charge < -0.3 is 4.74 Å². The summed E-state index contributed by atoms with van der Waals surface area (Å²) in [5.74, 6) is 0.458. The van der Waals surface area contributed by atoms with Gasteiger partial charge in [0.05, 0.1) is 11.6 Å². The average molecular weight is 429 g/mol. The molecule has 5 rings (SSSR count). The molecule has 160 valence electrons. The number of carbonyl (C=O) groups is 2. The Morgan fingerprint density at radius 1 is 1.37 bits per heavy atom. The lowest BCUT2D eigenvalue weighted by Crippen LogP contribution is -2.50. The minimum Gasteiger partial charge on any atom is -0.461 e. The first kappa shape index (κ1) is 19.7.